The maximum atomic E-state index is 11.3. The Balaban J connectivity index is 3.01. The number of carbonyl (C=O) groups excluding carboxylic acids is 1. The van der Waals surface area contributed by atoms with Gasteiger partial charge in [-0.05, 0) is 30.6 Å². The summed E-state index contributed by atoms with van der Waals surface area (Å²) < 4.78 is 4.86. The van der Waals surface area contributed by atoms with Crippen LogP contribution in [0.25, 0.3) is 0 Å². The molecule has 0 aliphatic heterocycles. The Morgan fingerprint density at radius 1 is 1.50 bits per heavy atom. The number of hydrogen-bond donors (Lipinski definition) is 0. The Hall–Kier alpha value is -0.940. The molecule has 1 aromatic heterocycles. The molecule has 0 aliphatic rings. The minimum Gasteiger partial charge on any atom is -0.485 e. The van der Waals surface area contributed by atoms with E-state index in [0.29, 0.717) is 16.4 Å². The smallest absolute Gasteiger partial charge is 0.237 e. The summed E-state index contributed by atoms with van der Waals surface area (Å²) in [7, 11) is 1.48. The summed E-state index contributed by atoms with van der Waals surface area (Å²) in [6.45, 7) is 0. The maximum absolute atomic E-state index is 11.3. The summed E-state index contributed by atoms with van der Waals surface area (Å²) in [6.07, 6.45) is 1.71. The Morgan fingerprint density at radius 2 is 2.14 bits per heavy atom. The number of nitrogens with zero attached hydrogens (tertiary/aromatic N) is 1. The van der Waals surface area contributed by atoms with Crippen molar-refractivity contribution in [2.45, 2.75) is 0 Å². The molecule has 0 radical (unpaired) electrons. The number of rotatable bonds is 2. The van der Waals surface area contributed by atoms with Crippen molar-refractivity contribution in [2.75, 3.05) is 13.4 Å². The summed E-state index contributed by atoms with van der Waals surface area (Å²) in [6, 6.07) is 5.10. The highest BCUT2D eigenvalue weighted by Crippen LogP contribution is 2.08. The van der Waals surface area contributed by atoms with Gasteiger partial charge in [-0.3, -0.25) is 4.79 Å². The molecule has 5 heteroatoms. The fourth-order valence-corrected chi connectivity index (χ4v) is 1.31. The topological polar surface area (TPSA) is 39.2 Å². The van der Waals surface area contributed by atoms with Crippen molar-refractivity contribution in [3.8, 4) is 0 Å². The minimum absolute atomic E-state index is 0.0780. The molecule has 0 saturated carbocycles. The lowest BCUT2D eigenvalue weighted by Gasteiger charge is -2.02. The first-order valence-corrected chi connectivity index (χ1v) is 5.46. The van der Waals surface area contributed by atoms with E-state index < -0.39 is 0 Å². The monoisotopic (exact) mass is 227 g/mol. The second-order valence-corrected chi connectivity index (χ2v) is 3.54. The molecule has 0 N–H and O–H groups in total. The van der Waals surface area contributed by atoms with E-state index in [0.717, 1.165) is 11.8 Å². The predicted molar refractivity (Wildman–Crippen MR) is 60.8 cm³/mol. The third kappa shape index (κ3) is 2.52. The molecule has 0 saturated heterocycles. The fraction of sp³-hybridized carbons (Fsp3) is 0.222. The average Bonchev–Trinajstić information content (AvgIpc) is 2.27. The average molecular weight is 227 g/mol. The molecule has 1 aromatic rings. The summed E-state index contributed by atoms with van der Waals surface area (Å²) in [5, 5.41) is 0.214. The van der Waals surface area contributed by atoms with Gasteiger partial charge in [0.05, 0.1) is 7.11 Å². The van der Waals surface area contributed by atoms with Gasteiger partial charge < -0.3 is 4.74 Å². The zero-order valence-corrected chi connectivity index (χ0v) is 9.45. The first-order valence-electron chi connectivity index (χ1n) is 3.82. The number of methoxy groups -OCH3 is 1. The van der Waals surface area contributed by atoms with Crippen molar-refractivity contribution < 1.29 is 9.53 Å². The van der Waals surface area contributed by atoms with E-state index in [-0.39, 0.29) is 5.12 Å². The predicted octanol–water partition coefficient (Wildman–Crippen LogP) is 1.91. The molecule has 0 unspecified atom stereocenters. The highest BCUT2D eigenvalue weighted by molar-refractivity contribution is 8.13. The van der Waals surface area contributed by atoms with Gasteiger partial charge in [0.25, 0.3) is 0 Å². The van der Waals surface area contributed by atoms with Crippen LogP contribution in [-0.2, 0) is 4.74 Å². The number of pyridine rings is 1. The lowest BCUT2D eigenvalue weighted by molar-refractivity contribution is 0.108. The number of ether oxygens (including phenoxy) is 1. The van der Waals surface area contributed by atoms with Gasteiger partial charge in [-0.2, -0.15) is 0 Å². The standard InChI is InChI=1S/C9H9NO2S2/c1-12-9(13)7-5-3-4-6(10-7)8(11)14-2/h3-5H,1-2H3. The van der Waals surface area contributed by atoms with Crippen LogP contribution in [0.3, 0.4) is 0 Å². The van der Waals surface area contributed by atoms with Crippen LogP contribution in [0.2, 0.25) is 0 Å². The third-order valence-corrected chi connectivity index (χ3v) is 2.49. The first-order chi connectivity index (χ1) is 6.69. The molecular formula is C9H9NO2S2. The molecule has 14 heavy (non-hydrogen) atoms. The third-order valence-electron chi connectivity index (χ3n) is 1.54. The Labute approximate surface area is 91.9 Å². The van der Waals surface area contributed by atoms with Crippen LogP contribution in [0.4, 0.5) is 0 Å². The van der Waals surface area contributed by atoms with E-state index in [1.165, 1.54) is 7.11 Å². The summed E-state index contributed by atoms with van der Waals surface area (Å²) >= 11 is 6.02. The second kappa shape index (κ2) is 5.07. The quantitative estimate of drug-likeness (QED) is 0.722. The number of thiocarbonyl (C=S) groups is 1. The van der Waals surface area contributed by atoms with Crippen LogP contribution in [-0.4, -0.2) is 28.5 Å². The number of carbonyl (C=O) groups is 1. The molecule has 3 nitrogen and oxygen atoms in total. The molecule has 0 aliphatic carbocycles. The highest BCUT2D eigenvalue weighted by atomic mass is 32.2. The fourth-order valence-electron chi connectivity index (χ4n) is 0.871. The van der Waals surface area contributed by atoms with Crippen molar-refractivity contribution in [1.29, 1.82) is 0 Å². The van der Waals surface area contributed by atoms with Gasteiger partial charge in [-0.1, -0.05) is 17.8 Å². The van der Waals surface area contributed by atoms with Gasteiger partial charge in [-0.25, -0.2) is 4.98 Å². The first kappa shape index (κ1) is 11.1. The SMILES string of the molecule is COC(=S)c1cccc(C(=O)SC)n1. The van der Waals surface area contributed by atoms with Crippen molar-refractivity contribution in [1.82, 2.24) is 4.98 Å². The van der Waals surface area contributed by atoms with Gasteiger partial charge in [0.1, 0.15) is 11.4 Å². The van der Waals surface area contributed by atoms with E-state index in [4.69, 9.17) is 17.0 Å². The van der Waals surface area contributed by atoms with Crippen LogP contribution in [0.1, 0.15) is 16.2 Å². The summed E-state index contributed by atoms with van der Waals surface area (Å²) in [5.74, 6) is 0. The van der Waals surface area contributed by atoms with E-state index in [1.807, 2.05) is 0 Å². The van der Waals surface area contributed by atoms with E-state index in [1.54, 1.807) is 24.5 Å². The largest absolute Gasteiger partial charge is 0.485 e. The second-order valence-electron chi connectivity index (χ2n) is 2.39. The summed E-state index contributed by atoms with van der Waals surface area (Å²) in [4.78, 5) is 15.4. The zero-order chi connectivity index (χ0) is 10.6. The normalized spacial score (nSPS) is 9.57. The van der Waals surface area contributed by atoms with E-state index in [9.17, 15) is 4.79 Å². The van der Waals surface area contributed by atoms with E-state index >= 15 is 0 Å². The van der Waals surface area contributed by atoms with Gasteiger partial charge >= 0.3 is 0 Å². The molecule has 74 valence electrons. The van der Waals surface area contributed by atoms with Crippen molar-refractivity contribution >= 4 is 34.1 Å². The Bertz CT molecular complexity index is 334. The summed E-state index contributed by atoms with van der Waals surface area (Å²) in [5.41, 5.74) is 0.914. The van der Waals surface area contributed by atoms with Crippen LogP contribution in [0.15, 0.2) is 18.2 Å². The van der Waals surface area contributed by atoms with Gasteiger partial charge in [0.2, 0.25) is 10.2 Å². The van der Waals surface area contributed by atoms with Gasteiger partial charge in [0.15, 0.2) is 0 Å². The van der Waals surface area contributed by atoms with Gasteiger partial charge in [-0.15, -0.1) is 0 Å². The van der Waals surface area contributed by atoms with Crippen molar-refractivity contribution in [2.24, 2.45) is 0 Å². The highest BCUT2D eigenvalue weighted by Gasteiger charge is 2.08. The van der Waals surface area contributed by atoms with Gasteiger partial charge in [0, 0.05) is 0 Å². The number of thioether (sulfide) groups is 1. The maximum Gasteiger partial charge on any atom is 0.237 e. The number of aromatic nitrogens is 1. The zero-order valence-electron chi connectivity index (χ0n) is 7.81. The van der Waals surface area contributed by atoms with Crippen LogP contribution < -0.4 is 0 Å². The molecule has 0 bridgehead atoms. The van der Waals surface area contributed by atoms with Crippen LogP contribution >= 0.6 is 24.0 Å². The minimum atomic E-state index is -0.0780. The van der Waals surface area contributed by atoms with Crippen molar-refractivity contribution in [3.05, 3.63) is 29.6 Å². The molecule has 0 atom stereocenters. The molecule has 0 aromatic carbocycles. The number of hydrogen-bond acceptors (Lipinski definition) is 5. The van der Waals surface area contributed by atoms with E-state index in [2.05, 4.69) is 4.98 Å². The Kier molecular flexibility index (Phi) is 4.03. The lowest BCUT2D eigenvalue weighted by atomic mass is 10.3. The van der Waals surface area contributed by atoms with Crippen LogP contribution in [0.5, 0.6) is 0 Å². The molecule has 1 rings (SSSR count). The van der Waals surface area contributed by atoms with Crippen LogP contribution in [0, 0.1) is 0 Å². The lowest BCUT2D eigenvalue weighted by Crippen LogP contribution is -2.06. The molecule has 1 heterocycles. The molecule has 0 spiro atoms. The van der Waals surface area contributed by atoms with Crippen molar-refractivity contribution in [3.63, 3.8) is 0 Å². The molecule has 0 fully saturated rings. The Morgan fingerprint density at radius 3 is 2.71 bits per heavy atom. The molecular weight excluding hydrogens is 218 g/mol. The molecule has 0 amide bonds.